The molecule has 2 heterocycles. The molecule has 0 radical (unpaired) electrons. The maximum absolute atomic E-state index is 12.2. The minimum atomic E-state index is -0.794. The first-order chi connectivity index (χ1) is 15.0. The quantitative estimate of drug-likeness (QED) is 0.395. The van der Waals surface area contributed by atoms with Crippen LogP contribution in [0.1, 0.15) is 40.6 Å². The van der Waals surface area contributed by atoms with Gasteiger partial charge in [-0.15, -0.1) is 0 Å². The number of aromatic nitrogens is 3. The Kier molecular flexibility index (Phi) is 5.00. The molecule has 156 valence electrons. The van der Waals surface area contributed by atoms with Crippen molar-refractivity contribution in [2.75, 3.05) is 0 Å². The molecule has 1 fully saturated rings. The van der Waals surface area contributed by atoms with Crippen LogP contribution in [0.25, 0.3) is 10.9 Å². The maximum atomic E-state index is 12.2. The number of pyridine rings is 1. The Morgan fingerprint density at radius 3 is 2.58 bits per heavy atom. The molecule has 0 saturated heterocycles. The summed E-state index contributed by atoms with van der Waals surface area (Å²) in [6.45, 7) is 0. The highest BCUT2D eigenvalue weighted by atomic mass is 35.5. The number of Topliss-reactive ketones (excluding diaryl/α,β-unsaturated/α-hetero) is 1. The lowest BCUT2D eigenvalue weighted by Crippen LogP contribution is -2.08. The number of benzene rings is 2. The van der Waals surface area contributed by atoms with Crippen molar-refractivity contribution in [3.8, 4) is 11.5 Å². The SMILES string of the molecule is O=C(Cc1cc(Cl)c(Oc2ccc3nc(C4CC4)ccc3c2)c(Cl)c1)c1noc(=O)[nH]1. The molecule has 5 rings (SSSR count). The van der Waals surface area contributed by atoms with E-state index in [1.807, 2.05) is 24.3 Å². The molecule has 1 N–H and O–H groups in total. The highest BCUT2D eigenvalue weighted by Crippen LogP contribution is 2.40. The molecule has 0 aliphatic heterocycles. The van der Waals surface area contributed by atoms with Crippen molar-refractivity contribution in [3.63, 3.8) is 0 Å². The average molecular weight is 456 g/mol. The van der Waals surface area contributed by atoms with Crippen molar-refractivity contribution in [3.05, 3.63) is 80.1 Å². The lowest BCUT2D eigenvalue weighted by atomic mass is 10.1. The van der Waals surface area contributed by atoms with Crippen LogP contribution >= 0.6 is 23.2 Å². The van der Waals surface area contributed by atoms with Crippen molar-refractivity contribution >= 4 is 39.9 Å². The van der Waals surface area contributed by atoms with Crippen LogP contribution in [-0.4, -0.2) is 20.9 Å². The summed E-state index contributed by atoms with van der Waals surface area (Å²) in [6.07, 6.45) is 2.34. The molecule has 2 aromatic heterocycles. The van der Waals surface area contributed by atoms with Crippen molar-refractivity contribution in [2.45, 2.75) is 25.2 Å². The lowest BCUT2D eigenvalue weighted by Gasteiger charge is -2.12. The van der Waals surface area contributed by atoms with E-state index >= 15 is 0 Å². The van der Waals surface area contributed by atoms with Crippen molar-refractivity contribution in [1.29, 1.82) is 0 Å². The van der Waals surface area contributed by atoms with Crippen LogP contribution in [0.4, 0.5) is 0 Å². The highest BCUT2D eigenvalue weighted by Gasteiger charge is 2.25. The molecule has 0 amide bonds. The molecule has 9 heteroatoms. The fourth-order valence-electron chi connectivity index (χ4n) is 3.34. The van der Waals surface area contributed by atoms with Gasteiger partial charge in [-0.2, -0.15) is 0 Å². The number of carbonyl (C=O) groups excluding carboxylic acids is 1. The van der Waals surface area contributed by atoms with Gasteiger partial charge in [0.25, 0.3) is 0 Å². The zero-order chi connectivity index (χ0) is 21.5. The number of rotatable bonds is 6. The van der Waals surface area contributed by atoms with Gasteiger partial charge in [-0.1, -0.05) is 34.4 Å². The van der Waals surface area contributed by atoms with Gasteiger partial charge in [-0.25, -0.2) is 4.79 Å². The summed E-state index contributed by atoms with van der Waals surface area (Å²) in [6, 6.07) is 12.9. The van der Waals surface area contributed by atoms with E-state index in [4.69, 9.17) is 32.9 Å². The van der Waals surface area contributed by atoms with Gasteiger partial charge in [0.15, 0.2) is 5.75 Å². The second-order valence-corrected chi connectivity index (χ2v) is 8.21. The summed E-state index contributed by atoms with van der Waals surface area (Å²) in [4.78, 5) is 30.1. The van der Waals surface area contributed by atoms with Gasteiger partial charge in [0.2, 0.25) is 11.6 Å². The molecular formula is C22H15Cl2N3O4. The van der Waals surface area contributed by atoms with Crippen LogP contribution in [0.2, 0.25) is 10.0 Å². The average Bonchev–Trinajstić information content (AvgIpc) is 3.50. The molecule has 1 aliphatic rings. The number of ether oxygens (including phenoxy) is 1. The van der Waals surface area contributed by atoms with Crippen LogP contribution in [0.3, 0.4) is 0 Å². The van der Waals surface area contributed by atoms with Gasteiger partial charge in [0.05, 0.1) is 15.6 Å². The fourth-order valence-corrected chi connectivity index (χ4v) is 3.95. The molecule has 31 heavy (non-hydrogen) atoms. The Hall–Kier alpha value is -3.16. The van der Waals surface area contributed by atoms with E-state index in [0.29, 0.717) is 17.2 Å². The predicted molar refractivity (Wildman–Crippen MR) is 115 cm³/mol. The number of H-pyrrole nitrogens is 1. The van der Waals surface area contributed by atoms with E-state index in [2.05, 4.69) is 20.7 Å². The van der Waals surface area contributed by atoms with Crippen LogP contribution in [0, 0.1) is 0 Å². The van der Waals surface area contributed by atoms with Gasteiger partial charge in [0, 0.05) is 23.4 Å². The van der Waals surface area contributed by atoms with Crippen LogP contribution in [-0.2, 0) is 6.42 Å². The van der Waals surface area contributed by atoms with Crippen molar-refractivity contribution in [1.82, 2.24) is 15.1 Å². The molecule has 2 aromatic carbocycles. The predicted octanol–water partition coefficient (Wildman–Crippen LogP) is 5.31. The van der Waals surface area contributed by atoms with Crippen molar-refractivity contribution in [2.24, 2.45) is 0 Å². The minimum Gasteiger partial charge on any atom is -0.454 e. The number of nitrogens with one attached hydrogen (secondary N) is 1. The molecule has 0 atom stereocenters. The zero-order valence-electron chi connectivity index (χ0n) is 16.0. The Labute approximate surface area is 185 Å². The van der Waals surface area contributed by atoms with Gasteiger partial charge in [-0.3, -0.25) is 19.3 Å². The summed E-state index contributed by atoms with van der Waals surface area (Å²) in [5, 5.41) is 4.85. The number of halogens is 2. The molecule has 1 aliphatic carbocycles. The van der Waals surface area contributed by atoms with E-state index in [-0.39, 0.29) is 28.0 Å². The normalized spacial score (nSPS) is 13.5. The van der Waals surface area contributed by atoms with E-state index in [1.54, 1.807) is 12.1 Å². The Morgan fingerprint density at radius 2 is 1.90 bits per heavy atom. The largest absolute Gasteiger partial charge is 0.454 e. The highest BCUT2D eigenvalue weighted by molar-refractivity contribution is 6.37. The Balaban J connectivity index is 1.37. The standard InChI is InChI=1S/C22H15Cl2N3O4/c23-15-7-11(9-19(28)21-26-22(29)31-27-21)8-16(24)20(15)30-14-4-6-18-13(10-14)3-5-17(25-18)12-1-2-12/h3-8,10,12H,1-2,9H2,(H,26,27,29). The second-order valence-electron chi connectivity index (χ2n) is 7.40. The van der Waals surface area contributed by atoms with E-state index in [0.717, 1.165) is 16.6 Å². The molecule has 0 spiro atoms. The molecule has 4 aromatic rings. The number of nitrogens with zero attached hydrogens (tertiary/aromatic N) is 2. The van der Waals surface area contributed by atoms with Gasteiger partial charge in [0.1, 0.15) is 5.75 Å². The monoisotopic (exact) mass is 455 g/mol. The molecule has 0 bridgehead atoms. The summed E-state index contributed by atoms with van der Waals surface area (Å²) in [7, 11) is 0. The number of hydrogen-bond acceptors (Lipinski definition) is 6. The fraction of sp³-hybridized carbons (Fsp3) is 0.182. The Morgan fingerprint density at radius 1 is 1.13 bits per heavy atom. The summed E-state index contributed by atoms with van der Waals surface area (Å²) in [5.74, 6) is 0.0642. The summed E-state index contributed by atoms with van der Waals surface area (Å²) in [5.41, 5.74) is 2.59. The topological polar surface area (TPSA) is 98.1 Å². The zero-order valence-corrected chi connectivity index (χ0v) is 17.5. The van der Waals surface area contributed by atoms with E-state index in [9.17, 15) is 9.59 Å². The lowest BCUT2D eigenvalue weighted by molar-refractivity contribution is 0.0980. The number of aromatic amines is 1. The first kappa shape index (κ1) is 19.8. The van der Waals surface area contributed by atoms with Crippen LogP contribution < -0.4 is 10.5 Å². The number of ketones is 1. The van der Waals surface area contributed by atoms with E-state index < -0.39 is 11.5 Å². The maximum Gasteiger partial charge on any atom is 0.439 e. The third kappa shape index (κ3) is 4.19. The first-order valence-electron chi connectivity index (χ1n) is 9.62. The van der Waals surface area contributed by atoms with E-state index in [1.165, 1.54) is 12.8 Å². The molecule has 1 saturated carbocycles. The van der Waals surface area contributed by atoms with Gasteiger partial charge < -0.3 is 4.74 Å². The van der Waals surface area contributed by atoms with Crippen LogP contribution in [0.5, 0.6) is 11.5 Å². The number of fused-ring (bicyclic) bond motifs is 1. The van der Waals surface area contributed by atoms with Crippen LogP contribution in [0.15, 0.2) is 51.8 Å². The second kappa shape index (κ2) is 7.83. The number of hydrogen-bond donors (Lipinski definition) is 1. The molecular weight excluding hydrogens is 441 g/mol. The summed E-state index contributed by atoms with van der Waals surface area (Å²) < 4.78 is 10.3. The van der Waals surface area contributed by atoms with Gasteiger partial charge in [-0.05, 0) is 54.8 Å². The first-order valence-corrected chi connectivity index (χ1v) is 10.4. The third-order valence-electron chi connectivity index (χ3n) is 5.02. The Bertz CT molecular complexity index is 1350. The third-order valence-corrected chi connectivity index (χ3v) is 5.59. The van der Waals surface area contributed by atoms with Crippen molar-refractivity contribution < 1.29 is 14.1 Å². The molecule has 0 unspecified atom stereocenters. The molecule has 7 nitrogen and oxygen atoms in total. The smallest absolute Gasteiger partial charge is 0.439 e. The van der Waals surface area contributed by atoms with Gasteiger partial charge >= 0.3 is 5.76 Å². The minimum absolute atomic E-state index is 0.0623. The number of carbonyl (C=O) groups is 1. The summed E-state index contributed by atoms with van der Waals surface area (Å²) >= 11 is 12.7.